The second kappa shape index (κ2) is 8.92. The molecule has 1 unspecified atom stereocenters. The highest BCUT2D eigenvalue weighted by Gasteiger charge is 2.23. The fourth-order valence-corrected chi connectivity index (χ4v) is 3.24. The molecule has 0 spiro atoms. The number of morpholine rings is 1. The summed E-state index contributed by atoms with van der Waals surface area (Å²) in [4.78, 5) is 14.7. The van der Waals surface area contributed by atoms with Crippen molar-refractivity contribution in [1.29, 1.82) is 0 Å². The Hall–Kier alpha value is -2.24. The van der Waals surface area contributed by atoms with E-state index in [0.29, 0.717) is 25.3 Å². The molecule has 3 rings (SSSR count). The van der Waals surface area contributed by atoms with Gasteiger partial charge in [0.1, 0.15) is 5.82 Å². The zero-order valence-corrected chi connectivity index (χ0v) is 15.1. The summed E-state index contributed by atoms with van der Waals surface area (Å²) in [6, 6.07) is 14.4. The van der Waals surface area contributed by atoms with E-state index in [1.165, 1.54) is 23.3 Å². The van der Waals surface area contributed by atoms with E-state index in [2.05, 4.69) is 41.4 Å². The average molecular weight is 356 g/mol. The summed E-state index contributed by atoms with van der Waals surface area (Å²) >= 11 is 0. The number of nitrogens with one attached hydrogen (secondary N) is 1. The number of halogens is 1. The Morgan fingerprint density at radius 1 is 1.19 bits per heavy atom. The molecule has 0 radical (unpaired) electrons. The second-order valence-electron chi connectivity index (χ2n) is 6.48. The first-order chi connectivity index (χ1) is 12.7. The Bertz CT molecular complexity index is 727. The molecule has 1 saturated heterocycles. The molecule has 0 aliphatic carbocycles. The van der Waals surface area contributed by atoms with Crippen molar-refractivity contribution in [2.45, 2.75) is 19.4 Å². The van der Waals surface area contributed by atoms with E-state index in [9.17, 15) is 9.18 Å². The lowest BCUT2D eigenvalue weighted by molar-refractivity contribution is 0.0162. The first-order valence-electron chi connectivity index (χ1n) is 9.11. The number of benzene rings is 2. The molecule has 1 amide bonds. The summed E-state index contributed by atoms with van der Waals surface area (Å²) < 4.78 is 18.8. The molecule has 1 heterocycles. The molecular formula is C21H25FN2O2. The molecule has 0 bridgehead atoms. The number of rotatable bonds is 6. The zero-order valence-electron chi connectivity index (χ0n) is 15.1. The van der Waals surface area contributed by atoms with Gasteiger partial charge in [0.25, 0.3) is 5.91 Å². The minimum Gasteiger partial charge on any atom is -0.379 e. The van der Waals surface area contributed by atoms with Crippen LogP contribution in [0.4, 0.5) is 4.39 Å². The maximum Gasteiger partial charge on any atom is 0.251 e. The first-order valence-corrected chi connectivity index (χ1v) is 9.11. The van der Waals surface area contributed by atoms with Crippen LogP contribution in [0.5, 0.6) is 0 Å². The Morgan fingerprint density at radius 2 is 1.92 bits per heavy atom. The van der Waals surface area contributed by atoms with Gasteiger partial charge in [-0.2, -0.15) is 0 Å². The quantitative estimate of drug-likeness (QED) is 0.864. The number of ether oxygens (including phenoxy) is 1. The Labute approximate surface area is 154 Å². The van der Waals surface area contributed by atoms with Gasteiger partial charge in [0.2, 0.25) is 0 Å². The van der Waals surface area contributed by atoms with E-state index in [-0.39, 0.29) is 11.9 Å². The molecule has 5 heteroatoms. The van der Waals surface area contributed by atoms with Gasteiger partial charge in [0.15, 0.2) is 0 Å². The van der Waals surface area contributed by atoms with Gasteiger partial charge in [-0.15, -0.1) is 0 Å². The van der Waals surface area contributed by atoms with Gasteiger partial charge in [-0.25, -0.2) is 4.39 Å². The summed E-state index contributed by atoms with van der Waals surface area (Å²) in [5.41, 5.74) is 2.80. The number of amides is 1. The van der Waals surface area contributed by atoms with Gasteiger partial charge < -0.3 is 10.1 Å². The van der Waals surface area contributed by atoms with Gasteiger partial charge >= 0.3 is 0 Å². The molecule has 1 atom stereocenters. The number of carbonyl (C=O) groups excluding carboxylic acids is 1. The van der Waals surface area contributed by atoms with Gasteiger partial charge in [-0.05, 0) is 35.7 Å². The number of carbonyl (C=O) groups is 1. The van der Waals surface area contributed by atoms with Crippen molar-refractivity contribution >= 4 is 5.91 Å². The van der Waals surface area contributed by atoms with E-state index in [1.54, 1.807) is 12.1 Å². The molecule has 138 valence electrons. The number of nitrogens with zero attached hydrogens (tertiary/aromatic N) is 1. The third kappa shape index (κ3) is 4.68. The zero-order chi connectivity index (χ0) is 18.4. The van der Waals surface area contributed by atoms with E-state index in [4.69, 9.17) is 4.74 Å². The minimum absolute atomic E-state index is 0.0716. The van der Waals surface area contributed by atoms with Crippen molar-refractivity contribution in [3.05, 3.63) is 71.0 Å². The molecule has 0 aromatic heterocycles. The predicted molar refractivity (Wildman–Crippen MR) is 99.7 cm³/mol. The molecule has 0 saturated carbocycles. The standard InChI is InChI=1S/C21H25FN2O2/c1-2-16-6-8-17(9-7-16)20(24-10-12-26-13-11-24)15-23-21(25)18-4-3-5-19(22)14-18/h3-9,14,20H,2,10-13,15H2,1H3,(H,23,25). The molecule has 4 nitrogen and oxygen atoms in total. The van der Waals surface area contributed by atoms with Crippen molar-refractivity contribution in [3.63, 3.8) is 0 Å². The molecule has 2 aromatic carbocycles. The van der Waals surface area contributed by atoms with Crippen LogP contribution in [0.3, 0.4) is 0 Å². The van der Waals surface area contributed by atoms with E-state index in [1.807, 2.05) is 0 Å². The number of aryl methyl sites for hydroxylation is 1. The SMILES string of the molecule is CCc1ccc(C(CNC(=O)c2cccc(F)c2)N2CCOCC2)cc1. The fourth-order valence-electron chi connectivity index (χ4n) is 3.24. The number of hydrogen-bond acceptors (Lipinski definition) is 3. The van der Waals surface area contributed by atoms with Crippen molar-refractivity contribution in [3.8, 4) is 0 Å². The third-order valence-electron chi connectivity index (χ3n) is 4.80. The molecule has 26 heavy (non-hydrogen) atoms. The first kappa shape index (κ1) is 18.5. The van der Waals surface area contributed by atoms with Crippen molar-refractivity contribution in [2.24, 2.45) is 0 Å². The van der Waals surface area contributed by atoms with Gasteiger partial charge in [0.05, 0.1) is 19.3 Å². The second-order valence-corrected chi connectivity index (χ2v) is 6.48. The van der Waals surface area contributed by atoms with Crippen molar-refractivity contribution < 1.29 is 13.9 Å². The molecule has 1 N–H and O–H groups in total. The van der Waals surface area contributed by atoms with Crippen LogP contribution in [0.1, 0.15) is 34.5 Å². The van der Waals surface area contributed by atoms with Crippen LogP contribution in [0.2, 0.25) is 0 Å². The van der Waals surface area contributed by atoms with Gasteiger partial charge in [0, 0.05) is 25.2 Å². The molecule has 1 aliphatic rings. The normalized spacial score (nSPS) is 16.2. The van der Waals surface area contributed by atoms with Crippen LogP contribution in [-0.4, -0.2) is 43.7 Å². The van der Waals surface area contributed by atoms with Crippen molar-refractivity contribution in [2.75, 3.05) is 32.8 Å². The van der Waals surface area contributed by atoms with Crippen LogP contribution in [0.15, 0.2) is 48.5 Å². The highest BCUT2D eigenvalue weighted by atomic mass is 19.1. The lowest BCUT2D eigenvalue weighted by Gasteiger charge is -2.35. The van der Waals surface area contributed by atoms with Crippen LogP contribution < -0.4 is 5.32 Å². The fraction of sp³-hybridized carbons (Fsp3) is 0.381. The molecular weight excluding hydrogens is 331 g/mol. The number of hydrogen-bond donors (Lipinski definition) is 1. The van der Waals surface area contributed by atoms with Gasteiger partial charge in [-0.3, -0.25) is 9.69 Å². The Morgan fingerprint density at radius 3 is 2.58 bits per heavy atom. The maximum absolute atomic E-state index is 13.4. The largest absolute Gasteiger partial charge is 0.379 e. The van der Waals surface area contributed by atoms with E-state index < -0.39 is 5.82 Å². The molecule has 1 fully saturated rings. The van der Waals surface area contributed by atoms with Crippen LogP contribution in [0, 0.1) is 5.82 Å². The lowest BCUT2D eigenvalue weighted by Crippen LogP contribution is -2.43. The summed E-state index contributed by atoms with van der Waals surface area (Å²) in [7, 11) is 0. The Kier molecular flexibility index (Phi) is 6.36. The van der Waals surface area contributed by atoms with Crippen LogP contribution in [-0.2, 0) is 11.2 Å². The average Bonchev–Trinajstić information content (AvgIpc) is 2.69. The summed E-state index contributed by atoms with van der Waals surface area (Å²) in [5, 5.41) is 2.96. The molecule has 2 aromatic rings. The van der Waals surface area contributed by atoms with Gasteiger partial charge in [-0.1, -0.05) is 37.3 Å². The van der Waals surface area contributed by atoms with Crippen LogP contribution >= 0.6 is 0 Å². The highest BCUT2D eigenvalue weighted by Crippen LogP contribution is 2.22. The van der Waals surface area contributed by atoms with E-state index in [0.717, 1.165) is 19.5 Å². The third-order valence-corrected chi connectivity index (χ3v) is 4.80. The van der Waals surface area contributed by atoms with Crippen molar-refractivity contribution in [1.82, 2.24) is 10.2 Å². The summed E-state index contributed by atoms with van der Waals surface area (Å²) in [6.07, 6.45) is 0.999. The van der Waals surface area contributed by atoms with Crippen LogP contribution in [0.25, 0.3) is 0 Å². The van der Waals surface area contributed by atoms with E-state index >= 15 is 0 Å². The monoisotopic (exact) mass is 356 g/mol. The Balaban J connectivity index is 1.73. The minimum atomic E-state index is -0.405. The summed E-state index contributed by atoms with van der Waals surface area (Å²) in [6.45, 7) is 5.66. The topological polar surface area (TPSA) is 41.6 Å². The lowest BCUT2D eigenvalue weighted by atomic mass is 10.0. The highest BCUT2D eigenvalue weighted by molar-refractivity contribution is 5.94. The smallest absolute Gasteiger partial charge is 0.251 e. The molecule has 1 aliphatic heterocycles. The summed E-state index contributed by atoms with van der Waals surface area (Å²) in [5.74, 6) is -0.662. The maximum atomic E-state index is 13.4. The predicted octanol–water partition coefficient (Wildman–Crippen LogP) is 3.19.